The Kier molecular flexibility index (Phi) is 1.72. The lowest BCUT2D eigenvalue weighted by molar-refractivity contribution is 0.1000. The van der Waals surface area contributed by atoms with Crippen molar-refractivity contribution in [3.05, 3.63) is 34.7 Å². The highest BCUT2D eigenvalue weighted by Gasteiger charge is 2.23. The maximum absolute atomic E-state index is 11.4. The quantitative estimate of drug-likeness (QED) is 0.733. The standard InChI is InChI=1S/C9H7NO3S/c10-9(11)7-2-1-3-8-6(7)4-5-14(8,12)13/h1-5H,(H2,10,11). The van der Waals surface area contributed by atoms with Gasteiger partial charge in [0.05, 0.1) is 4.90 Å². The third kappa shape index (κ3) is 1.13. The summed E-state index contributed by atoms with van der Waals surface area (Å²) in [7, 11) is -3.35. The van der Waals surface area contributed by atoms with Crippen molar-refractivity contribution in [1.29, 1.82) is 0 Å². The Morgan fingerprint density at radius 3 is 2.64 bits per heavy atom. The summed E-state index contributed by atoms with van der Waals surface area (Å²) in [5.41, 5.74) is 5.73. The van der Waals surface area contributed by atoms with Crippen molar-refractivity contribution >= 4 is 21.8 Å². The Bertz CT molecular complexity index is 543. The molecule has 72 valence electrons. The summed E-state index contributed by atoms with van der Waals surface area (Å²) in [5, 5.41) is 1.07. The fourth-order valence-electron chi connectivity index (χ4n) is 1.41. The molecule has 2 rings (SSSR count). The van der Waals surface area contributed by atoms with Crippen LogP contribution in [0.2, 0.25) is 0 Å². The van der Waals surface area contributed by atoms with Crippen molar-refractivity contribution in [1.82, 2.24) is 0 Å². The Morgan fingerprint density at radius 2 is 2.00 bits per heavy atom. The zero-order chi connectivity index (χ0) is 10.3. The fourth-order valence-corrected chi connectivity index (χ4v) is 2.62. The zero-order valence-corrected chi connectivity index (χ0v) is 7.91. The minimum Gasteiger partial charge on any atom is -0.366 e. The predicted molar refractivity (Wildman–Crippen MR) is 51.2 cm³/mol. The summed E-state index contributed by atoms with van der Waals surface area (Å²) < 4.78 is 22.8. The summed E-state index contributed by atoms with van der Waals surface area (Å²) in [4.78, 5) is 11.1. The smallest absolute Gasteiger partial charge is 0.249 e. The van der Waals surface area contributed by atoms with E-state index in [1.807, 2.05) is 0 Å². The van der Waals surface area contributed by atoms with Crippen molar-refractivity contribution < 1.29 is 13.2 Å². The fraction of sp³-hybridized carbons (Fsp3) is 0. The van der Waals surface area contributed by atoms with Crippen LogP contribution in [0.15, 0.2) is 28.5 Å². The van der Waals surface area contributed by atoms with E-state index in [1.165, 1.54) is 24.3 Å². The van der Waals surface area contributed by atoms with Crippen LogP contribution in [-0.2, 0) is 9.84 Å². The monoisotopic (exact) mass is 209 g/mol. The molecule has 1 aliphatic heterocycles. The van der Waals surface area contributed by atoms with Gasteiger partial charge in [0, 0.05) is 16.5 Å². The normalized spacial score (nSPS) is 16.6. The highest BCUT2D eigenvalue weighted by molar-refractivity contribution is 7.94. The first kappa shape index (κ1) is 8.96. The van der Waals surface area contributed by atoms with Crippen LogP contribution in [-0.4, -0.2) is 14.3 Å². The van der Waals surface area contributed by atoms with Crippen molar-refractivity contribution in [3.63, 3.8) is 0 Å². The lowest BCUT2D eigenvalue weighted by atomic mass is 10.1. The highest BCUT2D eigenvalue weighted by Crippen LogP contribution is 2.28. The SMILES string of the molecule is NC(=O)c1cccc2c1C=CS2(=O)=O. The second kappa shape index (κ2) is 2.68. The number of benzene rings is 1. The van der Waals surface area contributed by atoms with Crippen molar-refractivity contribution in [2.45, 2.75) is 4.90 Å². The number of sulfone groups is 1. The van der Waals surface area contributed by atoms with Gasteiger partial charge >= 0.3 is 0 Å². The summed E-state index contributed by atoms with van der Waals surface area (Å²) in [6, 6.07) is 4.47. The molecule has 5 heteroatoms. The minimum atomic E-state index is -3.35. The van der Waals surface area contributed by atoms with Gasteiger partial charge in [-0.25, -0.2) is 8.42 Å². The predicted octanol–water partition coefficient (Wildman–Crippen LogP) is 0.544. The van der Waals surface area contributed by atoms with Crippen molar-refractivity contribution in [2.75, 3.05) is 0 Å². The lowest BCUT2D eigenvalue weighted by Crippen LogP contribution is -2.13. The maximum Gasteiger partial charge on any atom is 0.249 e. The van der Waals surface area contributed by atoms with E-state index in [4.69, 9.17) is 5.73 Å². The van der Waals surface area contributed by atoms with Crippen LogP contribution in [0, 0.1) is 0 Å². The Labute approximate surface area is 81.0 Å². The molecule has 1 amide bonds. The Balaban J connectivity index is 2.80. The van der Waals surface area contributed by atoms with E-state index >= 15 is 0 Å². The molecule has 1 aliphatic rings. The third-order valence-corrected chi connectivity index (χ3v) is 3.52. The first-order valence-corrected chi connectivity index (χ1v) is 5.43. The van der Waals surface area contributed by atoms with Gasteiger partial charge in [-0.15, -0.1) is 0 Å². The molecule has 1 heterocycles. The van der Waals surface area contributed by atoms with Gasteiger partial charge in [0.2, 0.25) is 5.91 Å². The molecule has 14 heavy (non-hydrogen) atoms. The number of carbonyl (C=O) groups is 1. The van der Waals surface area contributed by atoms with E-state index in [2.05, 4.69) is 0 Å². The molecule has 0 unspecified atom stereocenters. The molecule has 0 radical (unpaired) electrons. The minimum absolute atomic E-state index is 0.147. The second-order valence-corrected chi connectivity index (χ2v) is 4.73. The van der Waals surface area contributed by atoms with Crippen LogP contribution in [0.3, 0.4) is 0 Å². The molecule has 4 nitrogen and oxygen atoms in total. The lowest BCUT2D eigenvalue weighted by Gasteiger charge is -2.02. The van der Waals surface area contributed by atoms with E-state index in [1.54, 1.807) is 0 Å². The molecule has 0 aromatic heterocycles. The first-order valence-electron chi connectivity index (χ1n) is 3.88. The summed E-state index contributed by atoms with van der Waals surface area (Å²) in [5.74, 6) is -0.622. The highest BCUT2D eigenvalue weighted by atomic mass is 32.2. The van der Waals surface area contributed by atoms with Gasteiger partial charge < -0.3 is 5.73 Å². The van der Waals surface area contributed by atoms with E-state index in [0.29, 0.717) is 5.56 Å². The molecule has 0 saturated carbocycles. The molecule has 0 spiro atoms. The summed E-state index contributed by atoms with van der Waals surface area (Å²) in [6.07, 6.45) is 1.39. The molecule has 0 fully saturated rings. The van der Waals surface area contributed by atoms with E-state index < -0.39 is 15.7 Å². The molecule has 0 atom stereocenters. The summed E-state index contributed by atoms with van der Waals surface area (Å²) >= 11 is 0. The molecular formula is C9H7NO3S. The zero-order valence-electron chi connectivity index (χ0n) is 7.10. The second-order valence-electron chi connectivity index (χ2n) is 2.93. The third-order valence-electron chi connectivity index (χ3n) is 2.05. The Morgan fingerprint density at radius 1 is 1.29 bits per heavy atom. The van der Waals surface area contributed by atoms with E-state index in [9.17, 15) is 13.2 Å². The van der Waals surface area contributed by atoms with Gasteiger partial charge in [-0.1, -0.05) is 6.07 Å². The van der Waals surface area contributed by atoms with Gasteiger partial charge in [-0.3, -0.25) is 4.79 Å². The van der Waals surface area contributed by atoms with Gasteiger partial charge in [-0.05, 0) is 18.2 Å². The van der Waals surface area contributed by atoms with E-state index in [-0.39, 0.29) is 10.5 Å². The van der Waals surface area contributed by atoms with Crippen molar-refractivity contribution in [3.8, 4) is 0 Å². The van der Waals surface area contributed by atoms with Crippen LogP contribution in [0.4, 0.5) is 0 Å². The molecule has 0 bridgehead atoms. The van der Waals surface area contributed by atoms with Crippen LogP contribution < -0.4 is 5.73 Å². The maximum atomic E-state index is 11.4. The summed E-state index contributed by atoms with van der Waals surface area (Å²) in [6.45, 7) is 0. The van der Waals surface area contributed by atoms with Gasteiger partial charge in [0.1, 0.15) is 0 Å². The van der Waals surface area contributed by atoms with Crippen molar-refractivity contribution in [2.24, 2.45) is 5.73 Å². The number of fused-ring (bicyclic) bond motifs is 1. The van der Waals surface area contributed by atoms with Crippen LogP contribution in [0.5, 0.6) is 0 Å². The number of primary amides is 1. The number of carbonyl (C=O) groups excluding carboxylic acids is 1. The molecule has 1 aromatic rings. The average Bonchev–Trinajstić information content (AvgIpc) is 2.42. The van der Waals surface area contributed by atoms with E-state index in [0.717, 1.165) is 5.41 Å². The van der Waals surface area contributed by atoms with Gasteiger partial charge in [0.15, 0.2) is 9.84 Å². The number of hydrogen-bond donors (Lipinski definition) is 1. The first-order chi connectivity index (χ1) is 6.52. The van der Waals surface area contributed by atoms with Crippen LogP contribution >= 0.6 is 0 Å². The number of rotatable bonds is 1. The number of amides is 1. The number of nitrogens with two attached hydrogens (primary N) is 1. The molecule has 1 aromatic carbocycles. The topological polar surface area (TPSA) is 77.2 Å². The van der Waals surface area contributed by atoms with Crippen LogP contribution in [0.1, 0.15) is 15.9 Å². The Hall–Kier alpha value is -1.62. The van der Waals surface area contributed by atoms with Crippen LogP contribution in [0.25, 0.3) is 6.08 Å². The molecule has 2 N–H and O–H groups in total. The molecule has 0 saturated heterocycles. The van der Waals surface area contributed by atoms with Gasteiger partial charge in [-0.2, -0.15) is 0 Å². The largest absolute Gasteiger partial charge is 0.366 e. The number of hydrogen-bond acceptors (Lipinski definition) is 3. The molecule has 0 aliphatic carbocycles. The van der Waals surface area contributed by atoms with Gasteiger partial charge in [0.25, 0.3) is 0 Å². The average molecular weight is 209 g/mol. The molecular weight excluding hydrogens is 202 g/mol.